The molecule has 1 atom stereocenters. The summed E-state index contributed by atoms with van der Waals surface area (Å²) < 4.78 is 10.2. The Morgan fingerprint density at radius 1 is 1.10 bits per heavy atom. The number of methoxy groups -OCH3 is 1. The molecule has 1 N–H and O–H groups in total. The minimum absolute atomic E-state index is 0.00233. The van der Waals surface area contributed by atoms with Gasteiger partial charge in [0.15, 0.2) is 6.10 Å². The number of nitrogens with one attached hydrogen (secondary N) is 1. The predicted molar refractivity (Wildman–Crippen MR) is 106 cm³/mol. The minimum Gasteiger partial charge on any atom is -0.496 e. The van der Waals surface area contributed by atoms with E-state index in [9.17, 15) is 19.7 Å². The van der Waals surface area contributed by atoms with Crippen molar-refractivity contribution >= 4 is 23.3 Å². The highest BCUT2D eigenvalue weighted by molar-refractivity contribution is 5.98. The molecule has 0 saturated carbocycles. The molecule has 0 fully saturated rings. The number of esters is 1. The van der Waals surface area contributed by atoms with E-state index < -0.39 is 22.9 Å². The summed E-state index contributed by atoms with van der Waals surface area (Å²) >= 11 is 0. The summed E-state index contributed by atoms with van der Waals surface area (Å²) in [6, 6.07) is 9.51. The number of fused-ring (bicyclic) bond motifs is 1. The number of anilines is 1. The van der Waals surface area contributed by atoms with Gasteiger partial charge >= 0.3 is 5.97 Å². The summed E-state index contributed by atoms with van der Waals surface area (Å²) in [5.41, 5.74) is 2.45. The van der Waals surface area contributed by atoms with Crippen molar-refractivity contribution < 1.29 is 24.0 Å². The van der Waals surface area contributed by atoms with E-state index in [1.165, 1.54) is 37.8 Å². The Hall–Kier alpha value is -3.42. The van der Waals surface area contributed by atoms with Crippen molar-refractivity contribution in [1.82, 2.24) is 0 Å². The summed E-state index contributed by atoms with van der Waals surface area (Å²) in [6.45, 7) is 1.42. The van der Waals surface area contributed by atoms with Crippen LogP contribution in [0, 0.1) is 10.1 Å². The molecule has 2 aromatic rings. The maximum atomic E-state index is 12.4. The standard InChI is InChI=1S/C21H22N2O6/c1-13(20(24)22-18-10-9-17(28-2)12-19(18)23(26)27)29-21(25)16-8-7-14-5-3-4-6-15(14)11-16/h7-13H,3-6H2,1-2H3,(H,22,24)/t13-/m1/s1. The average molecular weight is 398 g/mol. The lowest BCUT2D eigenvalue weighted by molar-refractivity contribution is -0.384. The number of rotatable bonds is 6. The van der Waals surface area contributed by atoms with E-state index in [-0.39, 0.29) is 11.4 Å². The number of hydrogen-bond acceptors (Lipinski definition) is 6. The van der Waals surface area contributed by atoms with Crippen LogP contribution in [0.15, 0.2) is 36.4 Å². The van der Waals surface area contributed by atoms with Gasteiger partial charge in [0.2, 0.25) is 0 Å². The number of amides is 1. The first-order valence-corrected chi connectivity index (χ1v) is 9.35. The third-order valence-electron chi connectivity index (χ3n) is 4.90. The van der Waals surface area contributed by atoms with E-state index >= 15 is 0 Å². The lowest BCUT2D eigenvalue weighted by Gasteiger charge is -2.17. The van der Waals surface area contributed by atoms with Crippen molar-refractivity contribution in [1.29, 1.82) is 0 Å². The highest BCUT2D eigenvalue weighted by Crippen LogP contribution is 2.29. The Morgan fingerprint density at radius 2 is 1.83 bits per heavy atom. The molecule has 0 aromatic heterocycles. The number of carbonyl (C=O) groups excluding carboxylic acids is 2. The molecule has 0 radical (unpaired) electrons. The molecule has 152 valence electrons. The Bertz CT molecular complexity index is 956. The van der Waals surface area contributed by atoms with Crippen molar-refractivity contribution in [3.8, 4) is 5.75 Å². The summed E-state index contributed by atoms with van der Waals surface area (Å²) in [4.78, 5) is 35.4. The van der Waals surface area contributed by atoms with E-state index in [0.29, 0.717) is 11.3 Å². The molecule has 1 amide bonds. The van der Waals surface area contributed by atoms with Gasteiger partial charge in [0.1, 0.15) is 11.4 Å². The second-order valence-electron chi connectivity index (χ2n) is 6.87. The fraction of sp³-hybridized carbons (Fsp3) is 0.333. The monoisotopic (exact) mass is 398 g/mol. The molecule has 2 aromatic carbocycles. The quantitative estimate of drug-likeness (QED) is 0.452. The van der Waals surface area contributed by atoms with Crippen LogP contribution in [0.25, 0.3) is 0 Å². The number of benzene rings is 2. The molecule has 8 nitrogen and oxygen atoms in total. The molecule has 0 heterocycles. The van der Waals surface area contributed by atoms with Crippen LogP contribution >= 0.6 is 0 Å². The zero-order valence-electron chi connectivity index (χ0n) is 16.3. The first kappa shape index (κ1) is 20.3. The summed E-state index contributed by atoms with van der Waals surface area (Å²) in [5, 5.41) is 13.7. The van der Waals surface area contributed by atoms with Crippen molar-refractivity contribution in [3.63, 3.8) is 0 Å². The molecule has 1 aliphatic rings. The maximum absolute atomic E-state index is 12.4. The van der Waals surface area contributed by atoms with Crippen LogP contribution in [-0.2, 0) is 22.4 Å². The van der Waals surface area contributed by atoms with Gasteiger partial charge in [-0.2, -0.15) is 0 Å². The highest BCUT2D eigenvalue weighted by atomic mass is 16.6. The fourth-order valence-corrected chi connectivity index (χ4v) is 3.27. The number of aryl methyl sites for hydroxylation is 2. The van der Waals surface area contributed by atoms with Gasteiger partial charge in [-0.15, -0.1) is 0 Å². The van der Waals surface area contributed by atoms with Gasteiger partial charge in [-0.1, -0.05) is 6.07 Å². The Kier molecular flexibility index (Phi) is 6.11. The van der Waals surface area contributed by atoms with Crippen LogP contribution in [0.2, 0.25) is 0 Å². The summed E-state index contributed by atoms with van der Waals surface area (Å²) in [6.07, 6.45) is 3.04. The molecule has 29 heavy (non-hydrogen) atoms. The van der Waals surface area contributed by atoms with Gasteiger partial charge < -0.3 is 14.8 Å². The first-order valence-electron chi connectivity index (χ1n) is 9.35. The van der Waals surface area contributed by atoms with Crippen molar-refractivity contribution in [2.24, 2.45) is 0 Å². The Balaban J connectivity index is 1.68. The lowest BCUT2D eigenvalue weighted by Crippen LogP contribution is -2.30. The molecule has 0 spiro atoms. The smallest absolute Gasteiger partial charge is 0.338 e. The van der Waals surface area contributed by atoms with Crippen molar-refractivity contribution in [3.05, 3.63) is 63.2 Å². The van der Waals surface area contributed by atoms with E-state index in [0.717, 1.165) is 31.2 Å². The van der Waals surface area contributed by atoms with Gasteiger partial charge in [-0.3, -0.25) is 14.9 Å². The molecular weight excluding hydrogens is 376 g/mol. The number of carbonyl (C=O) groups is 2. The van der Waals surface area contributed by atoms with Crippen LogP contribution in [0.3, 0.4) is 0 Å². The van der Waals surface area contributed by atoms with Crippen LogP contribution in [-0.4, -0.2) is 30.0 Å². The molecule has 0 unspecified atom stereocenters. The average Bonchev–Trinajstić information content (AvgIpc) is 2.73. The number of nitro benzene ring substituents is 1. The number of ether oxygens (including phenoxy) is 2. The van der Waals surface area contributed by atoms with Crippen LogP contribution in [0.1, 0.15) is 41.3 Å². The van der Waals surface area contributed by atoms with Crippen LogP contribution in [0.5, 0.6) is 5.75 Å². The maximum Gasteiger partial charge on any atom is 0.338 e. The second-order valence-corrected chi connectivity index (χ2v) is 6.87. The molecule has 0 aliphatic heterocycles. The molecular formula is C21H22N2O6. The normalized spacial score (nSPS) is 13.7. The SMILES string of the molecule is COc1ccc(NC(=O)[C@@H](C)OC(=O)c2ccc3c(c2)CCCC3)c([N+](=O)[O-])c1. The predicted octanol–water partition coefficient (Wildman–Crippen LogP) is 3.67. The zero-order chi connectivity index (χ0) is 21.0. The van der Waals surface area contributed by atoms with E-state index in [4.69, 9.17) is 9.47 Å². The Morgan fingerprint density at radius 3 is 2.52 bits per heavy atom. The topological polar surface area (TPSA) is 108 Å². The van der Waals surface area contributed by atoms with E-state index in [2.05, 4.69) is 5.32 Å². The van der Waals surface area contributed by atoms with Gasteiger partial charge in [0.05, 0.1) is 23.7 Å². The van der Waals surface area contributed by atoms with Crippen molar-refractivity contribution in [2.45, 2.75) is 38.7 Å². The summed E-state index contributed by atoms with van der Waals surface area (Å²) in [7, 11) is 1.39. The molecule has 8 heteroatoms. The minimum atomic E-state index is -1.12. The third kappa shape index (κ3) is 4.71. The van der Waals surface area contributed by atoms with Crippen LogP contribution < -0.4 is 10.1 Å². The molecule has 3 rings (SSSR count). The van der Waals surface area contributed by atoms with Gasteiger partial charge in [0, 0.05) is 0 Å². The molecule has 0 bridgehead atoms. The second kappa shape index (κ2) is 8.72. The zero-order valence-corrected chi connectivity index (χ0v) is 16.3. The fourth-order valence-electron chi connectivity index (χ4n) is 3.27. The number of nitrogens with zero attached hydrogens (tertiary/aromatic N) is 1. The first-order chi connectivity index (χ1) is 13.9. The lowest BCUT2D eigenvalue weighted by atomic mass is 9.90. The van der Waals surface area contributed by atoms with Gasteiger partial charge in [-0.05, 0) is 68.0 Å². The molecule has 0 saturated heterocycles. The van der Waals surface area contributed by atoms with Gasteiger partial charge in [-0.25, -0.2) is 4.79 Å². The number of nitro groups is 1. The van der Waals surface area contributed by atoms with E-state index in [1.54, 1.807) is 6.07 Å². The van der Waals surface area contributed by atoms with Gasteiger partial charge in [0.25, 0.3) is 11.6 Å². The third-order valence-corrected chi connectivity index (χ3v) is 4.90. The summed E-state index contributed by atoms with van der Waals surface area (Å²) in [5.74, 6) is -0.976. The Labute approximate surface area is 168 Å². The van der Waals surface area contributed by atoms with Crippen LogP contribution in [0.4, 0.5) is 11.4 Å². The van der Waals surface area contributed by atoms with Crippen molar-refractivity contribution in [2.75, 3.05) is 12.4 Å². The van der Waals surface area contributed by atoms with E-state index in [1.807, 2.05) is 12.1 Å². The highest BCUT2D eigenvalue weighted by Gasteiger charge is 2.23. The molecule has 1 aliphatic carbocycles. The number of hydrogen-bond donors (Lipinski definition) is 1. The largest absolute Gasteiger partial charge is 0.496 e.